The molecule has 97 heavy (non-hydrogen) atoms. The fraction of sp³-hybridized carbons (Fsp3) is 0.493. The highest BCUT2D eigenvalue weighted by Gasteiger charge is 2.37. The number of nitrogens with one attached hydrogen (secondary N) is 10. The molecule has 3 unspecified atom stereocenters. The van der Waals surface area contributed by atoms with Crippen LogP contribution < -0.4 is 54.0 Å². The summed E-state index contributed by atoms with van der Waals surface area (Å²) < 4.78 is 0. The molecule has 8 atom stereocenters. The van der Waals surface area contributed by atoms with Gasteiger partial charge in [0.2, 0.25) is 53.2 Å². The van der Waals surface area contributed by atoms with Crippen LogP contribution >= 0.6 is 21.6 Å². The lowest BCUT2D eigenvalue weighted by molar-refractivity contribution is -0.136. The molecule has 15 N–H and O–H groups in total. The Balaban J connectivity index is 1.21. The number of amides is 9. The normalized spacial score (nSPS) is 19.2. The molecule has 524 valence electrons. The summed E-state index contributed by atoms with van der Waals surface area (Å²) in [6, 6.07) is 19.3. The lowest BCUT2D eigenvalue weighted by atomic mass is 10.00. The molecule has 7 rings (SSSR count). The number of phenols is 1. The summed E-state index contributed by atoms with van der Waals surface area (Å²) in [6.07, 6.45) is 19.1. The molecule has 1 aliphatic rings. The Morgan fingerprint density at radius 1 is 0.546 bits per heavy atom. The molecule has 4 aromatic carbocycles. The first-order valence-electron chi connectivity index (χ1n) is 34.5. The molecule has 0 radical (unpaired) electrons. The molecule has 1 fully saturated rings. The minimum absolute atomic E-state index is 0.00830. The van der Waals surface area contributed by atoms with Crippen LogP contribution in [0.25, 0.3) is 21.8 Å². The Morgan fingerprint density at radius 3 is 1.71 bits per heavy atom. The van der Waals surface area contributed by atoms with Crippen LogP contribution in [0.15, 0.2) is 116 Å². The highest BCUT2D eigenvalue weighted by molar-refractivity contribution is 8.76. The highest BCUT2D eigenvalue weighted by Crippen LogP contribution is 2.26. The number of hydrogen-bond acceptors (Lipinski definition) is 13. The van der Waals surface area contributed by atoms with Gasteiger partial charge in [-0.15, -0.1) is 0 Å². The highest BCUT2D eigenvalue weighted by atomic mass is 33.1. The third-order valence-corrected chi connectivity index (χ3v) is 20.0. The summed E-state index contributed by atoms with van der Waals surface area (Å²) in [6.45, 7) is 5.90. The van der Waals surface area contributed by atoms with E-state index >= 15 is 14.4 Å². The Hall–Kier alpha value is -8.35. The van der Waals surface area contributed by atoms with Gasteiger partial charge >= 0.3 is 0 Å². The third kappa shape index (κ3) is 24.9. The quantitative estimate of drug-likeness (QED) is 0.0139. The van der Waals surface area contributed by atoms with Crippen LogP contribution in [0.4, 0.5) is 0 Å². The second-order valence-corrected chi connectivity index (χ2v) is 28.2. The van der Waals surface area contributed by atoms with Crippen molar-refractivity contribution in [1.82, 2.24) is 52.5 Å². The van der Waals surface area contributed by atoms with Crippen LogP contribution in [0.1, 0.15) is 152 Å². The number of carbonyl (C=O) groups is 9. The molecular formula is C73H100N12O10S2. The van der Waals surface area contributed by atoms with Crippen LogP contribution in [0.5, 0.6) is 5.75 Å². The van der Waals surface area contributed by atoms with Gasteiger partial charge in [0.25, 0.3) is 0 Å². The second kappa shape index (κ2) is 40.4. The molecule has 6 aromatic rings. The Morgan fingerprint density at radius 2 is 1.09 bits per heavy atom. The number of hydrogen-bond donors (Lipinski definition) is 13. The molecule has 0 saturated carbocycles. The number of aromatic amines is 2. The van der Waals surface area contributed by atoms with Crippen LogP contribution in [0, 0.1) is 5.92 Å². The van der Waals surface area contributed by atoms with E-state index in [0.29, 0.717) is 36.0 Å². The Kier molecular flexibility index (Phi) is 31.7. The monoisotopic (exact) mass is 1370 g/mol. The van der Waals surface area contributed by atoms with Crippen molar-refractivity contribution in [2.24, 2.45) is 17.4 Å². The van der Waals surface area contributed by atoms with Gasteiger partial charge in [0.15, 0.2) is 0 Å². The predicted molar refractivity (Wildman–Crippen MR) is 384 cm³/mol. The molecule has 22 nitrogen and oxygen atoms in total. The minimum Gasteiger partial charge on any atom is -0.508 e. The first kappa shape index (κ1) is 76.0. The minimum atomic E-state index is -1.45. The number of nitrogens with two attached hydrogens (primary N) is 2. The van der Waals surface area contributed by atoms with Gasteiger partial charge in [0, 0.05) is 77.8 Å². The standard InChI is InChI=1S/C73H100N12O10S2/c1-4-5-6-7-8-9-10-11-12-13-14-15-19-33-64(87)78-59(39-48-26-17-16-18-27-48)68(90)83-62-45-96-97-46-63(71(93)80-58(66(75)88)41-50-43-76-55-30-22-20-28-53(50)55)84-73(95)65(47(2)3)85-67(89)57(32-24-25-38-74)79-70(92)61(42-51-44-77-56-31-23-21-29-54(51)56)82-69(91)60(81-72(62)94)40-49-34-36-52(86)37-35-49/h16-18,20-23,26-31,34-37,43-44,47,57-63,65,76-77,86H,4-15,19,24-25,32-33,38-42,45-46,74H2,1-3H3,(H2,75,88)(H,78,87)(H,79,92)(H,80,93)(H,81,94)(H,82,91)(H,83,90)(H,84,95)(H,85,89)/t57-,58-,59+,60?,61+,62?,63-,65?/m0/s1. The number of primary amides is 1. The summed E-state index contributed by atoms with van der Waals surface area (Å²) in [5.74, 6) is -7.63. The Bertz CT molecular complexity index is 3510. The number of para-hydroxylation sites is 2. The van der Waals surface area contributed by atoms with Gasteiger partial charge in [-0.3, -0.25) is 43.2 Å². The first-order valence-corrected chi connectivity index (χ1v) is 37.0. The summed E-state index contributed by atoms with van der Waals surface area (Å²) in [5, 5.41) is 34.8. The smallest absolute Gasteiger partial charge is 0.244 e. The van der Waals surface area contributed by atoms with Gasteiger partial charge in [-0.1, -0.05) is 198 Å². The lowest BCUT2D eigenvalue weighted by Crippen LogP contribution is -2.62. The predicted octanol–water partition coefficient (Wildman–Crippen LogP) is 7.65. The summed E-state index contributed by atoms with van der Waals surface area (Å²) in [7, 11) is 2.12. The zero-order valence-electron chi connectivity index (χ0n) is 56.2. The van der Waals surface area contributed by atoms with E-state index in [1.807, 2.05) is 78.9 Å². The molecule has 2 aromatic heterocycles. The Labute approximate surface area is 577 Å². The topological polar surface area (TPSA) is 354 Å². The molecule has 0 spiro atoms. The number of unbranched alkanes of at least 4 members (excludes halogenated alkanes) is 13. The largest absolute Gasteiger partial charge is 0.508 e. The summed E-state index contributed by atoms with van der Waals surface area (Å²) in [4.78, 5) is 138. The fourth-order valence-electron chi connectivity index (χ4n) is 12.0. The van der Waals surface area contributed by atoms with E-state index in [1.54, 1.807) is 38.4 Å². The fourth-order valence-corrected chi connectivity index (χ4v) is 14.3. The van der Waals surface area contributed by atoms with Crippen molar-refractivity contribution < 1.29 is 48.3 Å². The first-order chi connectivity index (χ1) is 46.9. The average Bonchev–Trinajstić information content (AvgIpc) is 1.76. The SMILES string of the molecule is CCCCCCCCCCCCCCCC(=O)N[C@H](Cc1ccccc1)C(=O)NC1CSSC[C@@H](C(=O)N[C@@H](Cc2c[nH]c3ccccc23)C(N)=O)NC(=O)C(C(C)C)NC(=O)[C@H](CCCCN)NC(=O)[C@@H](Cc2c[nH]c3ccccc23)NC(=O)C(Cc2ccc(O)cc2)NC1=O. The maximum atomic E-state index is 15.3. The number of benzene rings is 4. The van der Waals surface area contributed by atoms with Crippen molar-refractivity contribution >= 4 is 96.6 Å². The van der Waals surface area contributed by atoms with Gasteiger partial charge < -0.3 is 69.1 Å². The van der Waals surface area contributed by atoms with E-state index in [9.17, 15) is 33.9 Å². The van der Waals surface area contributed by atoms with E-state index in [0.717, 1.165) is 74.6 Å². The number of aromatic hydroxyl groups is 1. The lowest BCUT2D eigenvalue weighted by Gasteiger charge is -2.29. The molecule has 0 bridgehead atoms. The third-order valence-electron chi connectivity index (χ3n) is 17.6. The van der Waals surface area contributed by atoms with Crippen molar-refractivity contribution in [2.45, 2.75) is 204 Å². The number of rotatable bonds is 33. The average molecular weight is 1370 g/mol. The van der Waals surface area contributed by atoms with Gasteiger partial charge in [-0.25, -0.2) is 0 Å². The van der Waals surface area contributed by atoms with Crippen molar-refractivity contribution in [3.63, 3.8) is 0 Å². The van der Waals surface area contributed by atoms with Crippen LogP contribution in [0.2, 0.25) is 0 Å². The zero-order chi connectivity index (χ0) is 69.5. The number of H-pyrrole nitrogens is 2. The van der Waals surface area contributed by atoms with Crippen molar-refractivity contribution in [1.29, 1.82) is 0 Å². The number of fused-ring (bicyclic) bond motifs is 2. The van der Waals surface area contributed by atoms with Crippen LogP contribution in [0.3, 0.4) is 0 Å². The molecule has 3 heterocycles. The van der Waals surface area contributed by atoms with Gasteiger partial charge in [-0.2, -0.15) is 0 Å². The number of carbonyl (C=O) groups excluding carboxylic acids is 9. The van der Waals surface area contributed by atoms with E-state index in [4.69, 9.17) is 11.5 Å². The van der Waals surface area contributed by atoms with Gasteiger partial charge in [0.05, 0.1) is 0 Å². The van der Waals surface area contributed by atoms with Gasteiger partial charge in [-0.05, 0) is 84.7 Å². The molecule has 0 aliphatic carbocycles. The maximum Gasteiger partial charge on any atom is 0.244 e. The molecule has 24 heteroatoms. The molecular weight excluding hydrogens is 1270 g/mol. The zero-order valence-corrected chi connectivity index (χ0v) is 57.9. The van der Waals surface area contributed by atoms with Crippen molar-refractivity contribution in [3.8, 4) is 5.75 Å². The number of phenolic OH excluding ortho intramolecular Hbond substituents is 1. The maximum absolute atomic E-state index is 15.3. The second-order valence-electron chi connectivity index (χ2n) is 25.7. The van der Waals surface area contributed by atoms with Crippen LogP contribution in [-0.4, -0.2) is 135 Å². The van der Waals surface area contributed by atoms with Crippen LogP contribution in [-0.2, 0) is 68.8 Å². The summed E-state index contributed by atoms with van der Waals surface area (Å²) >= 11 is 0. The van der Waals surface area contributed by atoms with E-state index in [1.165, 1.54) is 63.5 Å². The molecule has 1 aliphatic heterocycles. The van der Waals surface area contributed by atoms with Crippen molar-refractivity contribution in [2.75, 3.05) is 18.1 Å². The number of aromatic nitrogens is 2. The van der Waals surface area contributed by atoms with Gasteiger partial charge in [0.1, 0.15) is 54.1 Å². The van der Waals surface area contributed by atoms with E-state index in [2.05, 4.69) is 59.4 Å². The molecule has 1 saturated heterocycles. The van der Waals surface area contributed by atoms with E-state index in [-0.39, 0.29) is 68.2 Å². The van der Waals surface area contributed by atoms with E-state index < -0.39 is 102 Å². The summed E-state index contributed by atoms with van der Waals surface area (Å²) in [5.41, 5.74) is 16.0. The molecule has 9 amide bonds. The van der Waals surface area contributed by atoms with Crippen molar-refractivity contribution in [3.05, 3.63) is 138 Å².